The highest BCUT2D eigenvalue weighted by Crippen LogP contribution is 2.23. The van der Waals surface area contributed by atoms with Crippen molar-refractivity contribution in [3.05, 3.63) is 99.1 Å². The van der Waals surface area contributed by atoms with Crippen molar-refractivity contribution in [2.45, 2.75) is 6.61 Å². The van der Waals surface area contributed by atoms with Gasteiger partial charge in [-0.1, -0.05) is 41.9 Å². The van der Waals surface area contributed by atoms with Crippen molar-refractivity contribution < 1.29 is 18.7 Å². The second-order valence-electron chi connectivity index (χ2n) is 6.72. The fourth-order valence-corrected chi connectivity index (χ4v) is 3.36. The number of benzene rings is 2. The zero-order valence-electron chi connectivity index (χ0n) is 16.4. The van der Waals surface area contributed by atoms with Crippen LogP contribution in [0.4, 0.5) is 5.69 Å². The lowest BCUT2D eigenvalue weighted by Crippen LogP contribution is -2.54. The predicted octanol–water partition coefficient (Wildman–Crippen LogP) is 3.70. The van der Waals surface area contributed by atoms with Gasteiger partial charge in [0.1, 0.15) is 24.2 Å². The number of rotatable bonds is 5. The fourth-order valence-electron chi connectivity index (χ4n) is 2.95. The number of nitrogens with one attached hydrogen (secondary N) is 1. The van der Waals surface area contributed by atoms with Crippen molar-refractivity contribution >= 4 is 52.5 Å². The standard InChI is InChI=1S/C23H15ClN2O5S/c24-15-6-8-16(9-7-15)26-22(29)18(21(28)25-23(26)32)10-17-11-19(27)20(13-30-17)31-12-14-4-2-1-3-5-14/h1-11,13H,12H2,(H,25,28,32)/b18-10-. The SMILES string of the molecule is O=C1NC(=S)N(c2ccc(Cl)cc2)C(=O)/C1=C\c1cc(=O)c(OCc2ccccc2)co1. The average Bonchev–Trinajstić information content (AvgIpc) is 2.78. The first-order valence-electron chi connectivity index (χ1n) is 9.39. The quantitative estimate of drug-likeness (QED) is 0.350. The van der Waals surface area contributed by atoms with Crippen molar-refractivity contribution in [1.82, 2.24) is 5.32 Å². The van der Waals surface area contributed by atoms with Gasteiger partial charge in [-0.3, -0.25) is 24.6 Å². The lowest BCUT2D eigenvalue weighted by molar-refractivity contribution is -0.122. The molecule has 1 fully saturated rings. The van der Waals surface area contributed by atoms with Gasteiger partial charge < -0.3 is 9.15 Å². The molecule has 0 atom stereocenters. The first kappa shape index (κ1) is 21.5. The molecule has 1 N–H and O–H groups in total. The van der Waals surface area contributed by atoms with E-state index in [0.29, 0.717) is 10.7 Å². The van der Waals surface area contributed by atoms with Crippen LogP contribution >= 0.6 is 23.8 Å². The summed E-state index contributed by atoms with van der Waals surface area (Å²) in [6.45, 7) is 0.195. The van der Waals surface area contributed by atoms with Gasteiger partial charge in [-0.2, -0.15) is 0 Å². The van der Waals surface area contributed by atoms with E-state index in [1.807, 2.05) is 30.3 Å². The first-order valence-corrected chi connectivity index (χ1v) is 10.2. The third-order valence-electron chi connectivity index (χ3n) is 4.53. The number of carbonyl (C=O) groups excluding carboxylic acids is 2. The zero-order valence-corrected chi connectivity index (χ0v) is 18.0. The molecular formula is C23H15ClN2O5S. The molecule has 9 heteroatoms. The summed E-state index contributed by atoms with van der Waals surface area (Å²) in [6.07, 6.45) is 2.33. The molecule has 0 bridgehead atoms. The Morgan fingerprint density at radius 1 is 1.06 bits per heavy atom. The molecular weight excluding hydrogens is 452 g/mol. The minimum absolute atomic E-state index is 0.0133. The molecule has 4 rings (SSSR count). The Morgan fingerprint density at radius 3 is 2.47 bits per heavy atom. The molecule has 32 heavy (non-hydrogen) atoms. The lowest BCUT2D eigenvalue weighted by atomic mass is 10.1. The molecule has 1 saturated heterocycles. The summed E-state index contributed by atoms with van der Waals surface area (Å²) < 4.78 is 10.9. The Bertz CT molecular complexity index is 1290. The molecule has 1 aliphatic heterocycles. The number of halogens is 1. The summed E-state index contributed by atoms with van der Waals surface area (Å²) in [7, 11) is 0. The molecule has 0 unspecified atom stereocenters. The van der Waals surface area contributed by atoms with E-state index < -0.39 is 17.2 Å². The lowest BCUT2D eigenvalue weighted by Gasteiger charge is -2.28. The van der Waals surface area contributed by atoms with Crippen LogP contribution in [0.2, 0.25) is 5.02 Å². The van der Waals surface area contributed by atoms with Gasteiger partial charge in [0.2, 0.25) is 11.2 Å². The van der Waals surface area contributed by atoms with Gasteiger partial charge in [0.25, 0.3) is 11.8 Å². The molecule has 160 valence electrons. The van der Waals surface area contributed by atoms with Crippen LogP contribution in [0.5, 0.6) is 5.75 Å². The maximum atomic E-state index is 13.0. The molecule has 0 saturated carbocycles. The molecule has 1 aliphatic rings. The second kappa shape index (κ2) is 9.17. The highest BCUT2D eigenvalue weighted by molar-refractivity contribution is 7.80. The Kier molecular flexibility index (Phi) is 6.16. The minimum Gasteiger partial charge on any atom is -0.482 e. The van der Waals surface area contributed by atoms with Crippen molar-refractivity contribution in [1.29, 1.82) is 0 Å². The van der Waals surface area contributed by atoms with Crippen LogP contribution in [-0.2, 0) is 16.2 Å². The second-order valence-corrected chi connectivity index (χ2v) is 7.54. The normalized spacial score (nSPS) is 15.1. The summed E-state index contributed by atoms with van der Waals surface area (Å²) in [5.41, 5.74) is 0.629. The number of hydrogen-bond acceptors (Lipinski definition) is 6. The van der Waals surface area contributed by atoms with Crippen molar-refractivity contribution in [2.75, 3.05) is 4.90 Å². The molecule has 0 spiro atoms. The third kappa shape index (κ3) is 4.61. The van der Waals surface area contributed by atoms with Gasteiger partial charge >= 0.3 is 0 Å². The van der Waals surface area contributed by atoms with Crippen LogP contribution in [-0.4, -0.2) is 16.9 Å². The first-order chi connectivity index (χ1) is 15.4. The molecule has 0 radical (unpaired) electrons. The number of nitrogens with zero attached hydrogens (tertiary/aromatic N) is 1. The van der Waals surface area contributed by atoms with Gasteiger partial charge in [-0.15, -0.1) is 0 Å². The van der Waals surface area contributed by atoms with Crippen LogP contribution in [0.3, 0.4) is 0 Å². The Labute approximate surface area is 192 Å². The van der Waals surface area contributed by atoms with Crippen LogP contribution < -0.4 is 20.4 Å². The van der Waals surface area contributed by atoms with E-state index in [-0.39, 0.29) is 28.8 Å². The monoisotopic (exact) mass is 466 g/mol. The van der Waals surface area contributed by atoms with Crippen LogP contribution in [0.15, 0.2) is 81.7 Å². The van der Waals surface area contributed by atoms with Crippen molar-refractivity contribution in [3.63, 3.8) is 0 Å². The number of thiocarbonyl (C=S) groups is 1. The topological polar surface area (TPSA) is 88.9 Å². The third-order valence-corrected chi connectivity index (χ3v) is 5.07. The smallest absolute Gasteiger partial charge is 0.270 e. The molecule has 3 aromatic rings. The number of carbonyl (C=O) groups is 2. The number of amides is 2. The molecule has 0 aliphatic carbocycles. The molecule has 2 amide bonds. The average molecular weight is 467 g/mol. The summed E-state index contributed by atoms with van der Waals surface area (Å²) >= 11 is 11.0. The van der Waals surface area contributed by atoms with Gasteiger partial charge in [0.15, 0.2) is 5.11 Å². The van der Waals surface area contributed by atoms with Gasteiger partial charge in [0.05, 0.1) is 5.69 Å². The summed E-state index contributed by atoms with van der Waals surface area (Å²) in [6, 6.07) is 16.9. The predicted molar refractivity (Wildman–Crippen MR) is 123 cm³/mol. The molecule has 2 aromatic carbocycles. The van der Waals surface area contributed by atoms with Gasteiger partial charge in [-0.05, 0) is 48.1 Å². The van der Waals surface area contributed by atoms with E-state index in [4.69, 9.17) is 33.0 Å². The van der Waals surface area contributed by atoms with Gasteiger partial charge in [0, 0.05) is 11.1 Å². The molecule has 7 nitrogen and oxygen atoms in total. The Morgan fingerprint density at radius 2 is 1.78 bits per heavy atom. The Balaban J connectivity index is 1.57. The minimum atomic E-state index is -0.697. The van der Waals surface area contributed by atoms with Crippen LogP contribution in [0, 0.1) is 0 Å². The van der Waals surface area contributed by atoms with Crippen molar-refractivity contribution in [2.24, 2.45) is 0 Å². The van der Waals surface area contributed by atoms with E-state index >= 15 is 0 Å². The van der Waals surface area contributed by atoms with Crippen LogP contribution in [0.1, 0.15) is 11.3 Å². The summed E-state index contributed by atoms with van der Waals surface area (Å²) in [5, 5.41) is 2.88. The maximum Gasteiger partial charge on any atom is 0.270 e. The summed E-state index contributed by atoms with van der Waals surface area (Å²) in [4.78, 5) is 38.9. The summed E-state index contributed by atoms with van der Waals surface area (Å²) in [5.74, 6) is -1.32. The zero-order chi connectivity index (χ0) is 22.7. The number of ether oxygens (including phenoxy) is 1. The van der Waals surface area contributed by atoms with E-state index in [1.165, 1.54) is 6.08 Å². The van der Waals surface area contributed by atoms with Gasteiger partial charge in [-0.25, -0.2) is 0 Å². The maximum absolute atomic E-state index is 13.0. The van der Waals surface area contributed by atoms with E-state index in [2.05, 4.69) is 5.32 Å². The highest BCUT2D eigenvalue weighted by atomic mass is 35.5. The van der Waals surface area contributed by atoms with E-state index in [1.54, 1.807) is 24.3 Å². The molecule has 1 aromatic heterocycles. The van der Waals surface area contributed by atoms with E-state index in [0.717, 1.165) is 22.8 Å². The van der Waals surface area contributed by atoms with E-state index in [9.17, 15) is 14.4 Å². The fraction of sp³-hybridized carbons (Fsp3) is 0.0435. The van der Waals surface area contributed by atoms with Crippen LogP contribution in [0.25, 0.3) is 6.08 Å². The molecule has 2 heterocycles. The Hall–Kier alpha value is -3.75. The number of anilines is 1. The number of hydrogen-bond donors (Lipinski definition) is 1. The largest absolute Gasteiger partial charge is 0.482 e. The van der Waals surface area contributed by atoms with Crippen molar-refractivity contribution in [3.8, 4) is 5.75 Å². The highest BCUT2D eigenvalue weighted by Gasteiger charge is 2.34.